The van der Waals surface area contributed by atoms with E-state index in [1.54, 1.807) is 4.90 Å². The van der Waals surface area contributed by atoms with Crippen LogP contribution in [0.4, 0.5) is 4.39 Å². The Morgan fingerprint density at radius 3 is 2.59 bits per heavy atom. The summed E-state index contributed by atoms with van der Waals surface area (Å²) in [5, 5.41) is 9.27. The van der Waals surface area contributed by atoms with Gasteiger partial charge in [0.15, 0.2) is 0 Å². The normalized spacial score (nSPS) is 29.8. The second kappa shape index (κ2) is 8.45. The van der Waals surface area contributed by atoms with E-state index in [1.807, 2.05) is 21.9 Å². The Morgan fingerprint density at radius 2 is 1.97 bits per heavy atom. The predicted molar refractivity (Wildman–Crippen MR) is 115 cm³/mol. The van der Waals surface area contributed by atoms with Gasteiger partial charge in [-0.1, -0.05) is 18.6 Å². The monoisotopic (exact) mass is 439 g/mol. The van der Waals surface area contributed by atoms with Gasteiger partial charge in [0, 0.05) is 25.7 Å². The molecule has 1 aliphatic carbocycles. The fraction of sp³-hybridized carbons (Fsp3) is 0.625. The zero-order valence-corrected chi connectivity index (χ0v) is 18.2. The summed E-state index contributed by atoms with van der Waals surface area (Å²) in [7, 11) is 0. The Labute approximate surface area is 187 Å². The van der Waals surface area contributed by atoms with Crippen LogP contribution >= 0.6 is 0 Å². The first kappa shape index (κ1) is 21.4. The van der Waals surface area contributed by atoms with Crippen molar-refractivity contribution >= 4 is 11.8 Å². The van der Waals surface area contributed by atoms with Crippen molar-refractivity contribution in [1.29, 1.82) is 5.26 Å². The average molecular weight is 440 g/mol. The van der Waals surface area contributed by atoms with Crippen molar-refractivity contribution in [3.05, 3.63) is 35.6 Å². The highest BCUT2D eigenvalue weighted by Crippen LogP contribution is 2.47. The molecule has 1 aromatic carbocycles. The van der Waals surface area contributed by atoms with Gasteiger partial charge in [-0.15, -0.1) is 0 Å². The fourth-order valence-electron chi connectivity index (χ4n) is 6.04. The molecule has 1 saturated carbocycles. The van der Waals surface area contributed by atoms with E-state index in [-0.39, 0.29) is 41.8 Å². The van der Waals surface area contributed by atoms with E-state index in [2.05, 4.69) is 6.07 Å². The van der Waals surface area contributed by atoms with Crippen LogP contribution < -0.4 is 5.73 Å². The number of nitrogens with two attached hydrogens (primary N) is 1. The lowest BCUT2D eigenvalue weighted by atomic mass is 9.76. The molecule has 8 heteroatoms. The molecule has 3 heterocycles. The van der Waals surface area contributed by atoms with Gasteiger partial charge in [0.2, 0.25) is 11.8 Å². The van der Waals surface area contributed by atoms with Gasteiger partial charge in [-0.05, 0) is 55.7 Å². The van der Waals surface area contributed by atoms with Gasteiger partial charge in [0.1, 0.15) is 11.9 Å². The third kappa shape index (κ3) is 3.57. The van der Waals surface area contributed by atoms with Gasteiger partial charge in [-0.25, -0.2) is 4.39 Å². The third-order valence-corrected chi connectivity index (χ3v) is 7.86. The minimum atomic E-state index is -0.732. The molecule has 5 rings (SSSR count). The van der Waals surface area contributed by atoms with Crippen LogP contribution in [0.15, 0.2) is 24.3 Å². The smallest absolute Gasteiger partial charge is 0.241 e. The predicted octanol–water partition coefficient (Wildman–Crippen LogP) is 1.79. The minimum absolute atomic E-state index is 0.00899. The number of benzene rings is 1. The molecule has 0 aromatic heterocycles. The van der Waals surface area contributed by atoms with E-state index in [4.69, 9.17) is 5.73 Å². The Morgan fingerprint density at radius 1 is 1.22 bits per heavy atom. The second-order valence-corrected chi connectivity index (χ2v) is 9.72. The highest BCUT2D eigenvalue weighted by atomic mass is 19.1. The Balaban J connectivity index is 1.28. The number of amides is 2. The van der Waals surface area contributed by atoms with Crippen LogP contribution in [0.5, 0.6) is 0 Å². The van der Waals surface area contributed by atoms with Gasteiger partial charge in [0.05, 0.1) is 24.2 Å². The molecule has 2 bridgehead atoms. The molecule has 5 atom stereocenters. The Kier molecular flexibility index (Phi) is 5.64. The molecule has 4 aliphatic rings. The van der Waals surface area contributed by atoms with Crippen LogP contribution in [0.2, 0.25) is 0 Å². The van der Waals surface area contributed by atoms with Crippen molar-refractivity contribution in [2.45, 2.75) is 68.7 Å². The Hall–Kier alpha value is -2.50. The summed E-state index contributed by atoms with van der Waals surface area (Å²) in [6.45, 7) is 1.60. The van der Waals surface area contributed by atoms with E-state index in [9.17, 15) is 19.2 Å². The molecule has 3 aliphatic heterocycles. The zero-order valence-electron chi connectivity index (χ0n) is 18.2. The zero-order chi connectivity index (χ0) is 22.4. The van der Waals surface area contributed by atoms with Gasteiger partial charge in [-0.3, -0.25) is 14.5 Å². The van der Waals surface area contributed by atoms with E-state index < -0.39 is 6.04 Å². The number of halogens is 1. The largest absolute Gasteiger partial charge is 0.330 e. The highest BCUT2D eigenvalue weighted by molar-refractivity contribution is 5.87. The molecule has 3 saturated heterocycles. The molecule has 0 unspecified atom stereocenters. The number of likely N-dealkylation sites (tertiary alicyclic amines) is 3. The number of carbonyl (C=O) groups excluding carboxylic acids is 2. The fourth-order valence-corrected chi connectivity index (χ4v) is 6.04. The van der Waals surface area contributed by atoms with E-state index in [0.717, 1.165) is 31.2 Å². The number of nitriles is 1. The van der Waals surface area contributed by atoms with Gasteiger partial charge < -0.3 is 15.5 Å². The number of nitrogens with zero attached hydrogens (tertiary/aromatic N) is 4. The SMILES string of the molecule is N#C[C@@H]1CCCN1C(=O)[C@@H](N)CN1C[C@@H]2C[C@H]1C(=O)N2[C@@H](c1ccc(F)cc1)C1CCC1. The molecule has 0 radical (unpaired) electrons. The maximum atomic E-state index is 13.5. The van der Waals surface area contributed by atoms with Crippen molar-refractivity contribution < 1.29 is 14.0 Å². The van der Waals surface area contributed by atoms with E-state index in [0.29, 0.717) is 32.0 Å². The van der Waals surface area contributed by atoms with Crippen molar-refractivity contribution in [2.24, 2.45) is 11.7 Å². The topological polar surface area (TPSA) is 93.7 Å². The second-order valence-electron chi connectivity index (χ2n) is 9.72. The third-order valence-electron chi connectivity index (χ3n) is 7.86. The lowest BCUT2D eigenvalue weighted by Crippen LogP contribution is -2.57. The van der Waals surface area contributed by atoms with Crippen LogP contribution in [0.3, 0.4) is 0 Å². The first-order valence-electron chi connectivity index (χ1n) is 11.8. The van der Waals surface area contributed by atoms with Gasteiger partial charge in [0.25, 0.3) is 0 Å². The number of hydrogen-bond donors (Lipinski definition) is 1. The first-order chi connectivity index (χ1) is 15.5. The molecular formula is C24H30FN5O2. The molecule has 4 fully saturated rings. The highest BCUT2D eigenvalue weighted by Gasteiger charge is 2.54. The summed E-state index contributed by atoms with van der Waals surface area (Å²) in [6.07, 6.45) is 5.61. The summed E-state index contributed by atoms with van der Waals surface area (Å²) < 4.78 is 13.5. The maximum Gasteiger partial charge on any atom is 0.241 e. The minimum Gasteiger partial charge on any atom is -0.330 e. The summed E-state index contributed by atoms with van der Waals surface area (Å²) in [5.41, 5.74) is 7.25. The van der Waals surface area contributed by atoms with Gasteiger partial charge in [-0.2, -0.15) is 5.26 Å². The number of piperazine rings is 1. The van der Waals surface area contributed by atoms with Crippen molar-refractivity contribution in [1.82, 2.24) is 14.7 Å². The summed E-state index contributed by atoms with van der Waals surface area (Å²) in [6, 6.07) is 7.46. The standard InChI is InChI=1S/C24H30FN5O2/c25-17-8-6-16(7-9-17)22(15-3-1-4-15)30-19-11-21(24(30)32)28(13-19)14-20(27)23(31)29-10-2-5-18(29)12-26/h6-9,15,18-22H,1-5,10-11,13-14,27H2/t18-,19-,20-,21-,22+/m0/s1. The van der Waals surface area contributed by atoms with Crippen molar-refractivity contribution in [2.75, 3.05) is 19.6 Å². The van der Waals surface area contributed by atoms with E-state index >= 15 is 0 Å². The molecule has 0 spiro atoms. The van der Waals surface area contributed by atoms with Crippen LogP contribution in [-0.4, -0.2) is 70.3 Å². The summed E-state index contributed by atoms with van der Waals surface area (Å²) in [4.78, 5) is 31.9. The summed E-state index contributed by atoms with van der Waals surface area (Å²) >= 11 is 0. The Bertz CT molecular complexity index is 927. The quantitative estimate of drug-likeness (QED) is 0.730. The maximum absolute atomic E-state index is 13.5. The molecule has 2 amide bonds. The first-order valence-corrected chi connectivity index (χ1v) is 11.8. The molecule has 7 nitrogen and oxygen atoms in total. The lowest BCUT2D eigenvalue weighted by molar-refractivity contribution is -0.143. The molecule has 170 valence electrons. The summed E-state index contributed by atoms with van der Waals surface area (Å²) in [5.74, 6) is 0.0500. The number of hydrogen-bond acceptors (Lipinski definition) is 5. The van der Waals surface area contributed by atoms with Crippen molar-refractivity contribution in [3.63, 3.8) is 0 Å². The molecular weight excluding hydrogens is 409 g/mol. The molecule has 1 aromatic rings. The van der Waals surface area contributed by atoms with Gasteiger partial charge >= 0.3 is 0 Å². The van der Waals surface area contributed by atoms with Crippen LogP contribution in [0.1, 0.15) is 50.1 Å². The van der Waals surface area contributed by atoms with E-state index in [1.165, 1.54) is 18.6 Å². The molecule has 32 heavy (non-hydrogen) atoms. The number of rotatable bonds is 6. The van der Waals surface area contributed by atoms with Crippen LogP contribution in [0, 0.1) is 23.1 Å². The average Bonchev–Trinajstić information content (AvgIpc) is 3.45. The number of fused-ring (bicyclic) bond motifs is 2. The molecule has 2 N–H and O–H groups in total. The van der Waals surface area contributed by atoms with Crippen molar-refractivity contribution in [3.8, 4) is 6.07 Å². The van der Waals surface area contributed by atoms with Crippen LogP contribution in [-0.2, 0) is 9.59 Å². The lowest BCUT2D eigenvalue weighted by Gasteiger charge is -2.45. The number of carbonyl (C=O) groups is 2. The van der Waals surface area contributed by atoms with Crippen LogP contribution in [0.25, 0.3) is 0 Å².